The van der Waals surface area contributed by atoms with E-state index in [0.29, 0.717) is 11.3 Å². The summed E-state index contributed by atoms with van der Waals surface area (Å²) < 4.78 is 13.0. The molecule has 0 bridgehead atoms. The van der Waals surface area contributed by atoms with Gasteiger partial charge in [0.05, 0.1) is 17.2 Å². The minimum Gasteiger partial charge on any atom is -0.508 e. The number of phenols is 1. The number of rotatable bonds is 7. The molecule has 4 rings (SSSR count). The molecule has 0 aliphatic heterocycles. The lowest BCUT2D eigenvalue weighted by Gasteiger charge is -2.53. The van der Waals surface area contributed by atoms with Gasteiger partial charge in [-0.15, -0.1) is 0 Å². The molecule has 1 fully saturated rings. The predicted octanol–water partition coefficient (Wildman–Crippen LogP) is -0.407. The summed E-state index contributed by atoms with van der Waals surface area (Å²) in [5.41, 5.74) is -0.393. The summed E-state index contributed by atoms with van der Waals surface area (Å²) in [6.45, 7) is 0.954. The van der Waals surface area contributed by atoms with Crippen molar-refractivity contribution in [1.82, 2.24) is 10.2 Å². The third-order valence-corrected chi connectivity index (χ3v) is 8.19. The van der Waals surface area contributed by atoms with E-state index in [1.54, 1.807) is 32.0 Å². The number of aromatic hydroxyl groups is 1. The zero-order valence-electron chi connectivity index (χ0n) is 22.9. The second-order valence-corrected chi connectivity index (χ2v) is 11.3. The summed E-state index contributed by atoms with van der Waals surface area (Å²) >= 11 is 0. The first-order valence-corrected chi connectivity index (χ1v) is 12.7. The molecule has 40 heavy (non-hydrogen) atoms. The van der Waals surface area contributed by atoms with Crippen LogP contribution in [-0.2, 0) is 27.3 Å². The number of nitrogens with zero attached hydrogens (tertiary/aromatic N) is 2. The molecule has 0 heterocycles. The largest absolute Gasteiger partial charge is 0.508 e. The highest BCUT2D eigenvalue weighted by atomic mass is 19.1. The summed E-state index contributed by atoms with van der Waals surface area (Å²) in [5.74, 6) is -7.51. The number of anilines is 1. The predicted molar refractivity (Wildman–Crippen MR) is 142 cm³/mol. The van der Waals surface area contributed by atoms with Gasteiger partial charge in [-0.1, -0.05) is 0 Å². The Morgan fingerprint density at radius 2 is 1.82 bits per heavy atom. The van der Waals surface area contributed by atoms with Crippen LogP contribution in [0.1, 0.15) is 30.0 Å². The van der Waals surface area contributed by atoms with Crippen molar-refractivity contribution in [3.05, 3.63) is 39.7 Å². The Hall–Kier alpha value is -3.52. The monoisotopic (exact) mass is 562 g/mol. The maximum Gasteiger partial charge on any atom is 0.255 e. The number of Topliss-reactive ketones (excluding diaryl/α,β-unsaturated/α-hetero) is 2. The summed E-state index contributed by atoms with van der Waals surface area (Å²) in [6, 6.07) is -0.238. The number of primary amides is 1. The van der Waals surface area contributed by atoms with Gasteiger partial charge in [0.15, 0.2) is 11.4 Å². The zero-order chi connectivity index (χ0) is 30.1. The number of aliphatic hydroxyl groups excluding tert-OH is 2. The topological polar surface area (TPSA) is 197 Å². The maximum absolute atomic E-state index is 14.0. The Bertz CT molecular complexity index is 1370. The fourth-order valence-corrected chi connectivity index (χ4v) is 6.24. The number of nitrogens with two attached hydrogens (primary N) is 1. The number of phenolic OH excluding ortho intramolecular Hbond substituents is 1. The van der Waals surface area contributed by atoms with Crippen LogP contribution in [0.5, 0.6) is 5.75 Å². The molecule has 13 heteroatoms. The molecule has 3 aliphatic carbocycles. The summed E-state index contributed by atoms with van der Waals surface area (Å²) in [4.78, 5) is 42.4. The van der Waals surface area contributed by atoms with Gasteiger partial charge in [0.1, 0.15) is 35.1 Å². The highest BCUT2D eigenvalue weighted by Crippen LogP contribution is 2.55. The van der Waals surface area contributed by atoms with Crippen LogP contribution in [0.2, 0.25) is 0 Å². The number of ketones is 2. The second-order valence-electron chi connectivity index (χ2n) is 11.3. The van der Waals surface area contributed by atoms with E-state index >= 15 is 0 Å². The van der Waals surface area contributed by atoms with E-state index in [4.69, 9.17) is 5.73 Å². The van der Waals surface area contributed by atoms with E-state index in [1.807, 2.05) is 0 Å². The van der Waals surface area contributed by atoms with Crippen LogP contribution < -0.4 is 16.0 Å². The van der Waals surface area contributed by atoms with Crippen molar-refractivity contribution in [1.29, 1.82) is 0 Å². The molecule has 218 valence electrons. The van der Waals surface area contributed by atoms with Crippen LogP contribution in [0.4, 0.5) is 10.1 Å². The number of alkyl halides is 1. The first kappa shape index (κ1) is 29.5. The van der Waals surface area contributed by atoms with Gasteiger partial charge in [0.2, 0.25) is 5.78 Å². The van der Waals surface area contributed by atoms with Crippen LogP contribution in [0.25, 0.3) is 5.76 Å². The molecule has 12 nitrogen and oxygen atoms in total. The molecule has 1 amide bonds. The summed E-state index contributed by atoms with van der Waals surface area (Å²) in [5, 5.41) is 60.2. The molecule has 0 spiro atoms. The second kappa shape index (κ2) is 9.84. The molecular formula is C27H35FN4O8. The van der Waals surface area contributed by atoms with E-state index in [0.717, 1.165) is 0 Å². The lowest BCUT2D eigenvalue weighted by molar-refractivity contribution is -0.161. The molecule has 1 saturated carbocycles. The van der Waals surface area contributed by atoms with Gasteiger partial charge in [-0.25, -0.2) is 4.39 Å². The third kappa shape index (κ3) is 4.07. The Labute approximate surface area is 230 Å². The molecule has 8 N–H and O–H groups in total. The number of hydrogen-bond donors (Lipinski definition) is 7. The molecule has 1 aromatic carbocycles. The fraction of sp³-hybridized carbons (Fsp3) is 0.519. The van der Waals surface area contributed by atoms with Gasteiger partial charge in [0.25, 0.3) is 5.91 Å². The van der Waals surface area contributed by atoms with Crippen molar-refractivity contribution in [3.8, 4) is 5.75 Å². The minimum atomic E-state index is -2.88. The highest BCUT2D eigenvalue weighted by Gasteiger charge is 2.67. The average Bonchev–Trinajstić information content (AvgIpc) is 2.84. The normalized spacial score (nSPS) is 28.8. The number of nitrogens with one attached hydrogen (secondary N) is 1. The van der Waals surface area contributed by atoms with Crippen molar-refractivity contribution < 1.29 is 44.3 Å². The Morgan fingerprint density at radius 1 is 1.20 bits per heavy atom. The smallest absolute Gasteiger partial charge is 0.255 e. The van der Waals surface area contributed by atoms with E-state index in [2.05, 4.69) is 5.32 Å². The quantitative estimate of drug-likeness (QED) is 0.213. The minimum absolute atomic E-state index is 0.00992. The van der Waals surface area contributed by atoms with Gasteiger partial charge in [-0.3, -0.25) is 19.3 Å². The van der Waals surface area contributed by atoms with Crippen molar-refractivity contribution in [2.75, 3.05) is 39.8 Å². The molecule has 0 radical (unpaired) electrons. The van der Waals surface area contributed by atoms with E-state index in [-0.39, 0.29) is 24.1 Å². The lowest BCUT2D eigenvalue weighted by atomic mass is 9.55. The van der Waals surface area contributed by atoms with Crippen LogP contribution in [0.3, 0.4) is 0 Å². The van der Waals surface area contributed by atoms with Crippen molar-refractivity contribution in [2.45, 2.75) is 49.6 Å². The maximum atomic E-state index is 14.0. The first-order chi connectivity index (χ1) is 18.5. The van der Waals surface area contributed by atoms with E-state index in [1.165, 1.54) is 19.0 Å². The number of fused-ring (bicyclic) bond motifs is 3. The highest BCUT2D eigenvalue weighted by molar-refractivity contribution is 6.24. The Balaban J connectivity index is 2.00. The van der Waals surface area contributed by atoms with Gasteiger partial charge in [-0.05, 0) is 39.1 Å². The number of aliphatic hydroxyl groups is 4. The van der Waals surface area contributed by atoms with Crippen molar-refractivity contribution in [3.63, 3.8) is 0 Å². The Kier molecular flexibility index (Phi) is 7.25. The van der Waals surface area contributed by atoms with Crippen LogP contribution in [0, 0.1) is 5.92 Å². The number of carbonyl (C=O) groups is 3. The van der Waals surface area contributed by atoms with Crippen LogP contribution >= 0.6 is 0 Å². The Morgan fingerprint density at radius 3 is 2.35 bits per heavy atom. The molecular weight excluding hydrogens is 527 g/mol. The third-order valence-electron chi connectivity index (χ3n) is 8.19. The molecule has 0 aromatic heterocycles. The molecule has 3 aliphatic rings. The van der Waals surface area contributed by atoms with Gasteiger partial charge >= 0.3 is 0 Å². The molecule has 1 aromatic rings. The van der Waals surface area contributed by atoms with Gasteiger partial charge in [0, 0.05) is 50.3 Å². The molecule has 0 saturated heterocycles. The lowest BCUT2D eigenvalue weighted by Crippen LogP contribution is -2.69. The van der Waals surface area contributed by atoms with E-state index in [9.17, 15) is 44.3 Å². The number of benzene rings is 1. The number of halogens is 1. The number of carbonyl (C=O) groups excluding carboxylic acids is 3. The zero-order valence-corrected chi connectivity index (χ0v) is 22.9. The van der Waals surface area contributed by atoms with E-state index < -0.39 is 88.2 Å². The molecule has 5 atom stereocenters. The number of hydrogen-bond acceptors (Lipinski definition) is 11. The van der Waals surface area contributed by atoms with Crippen molar-refractivity contribution >= 4 is 28.9 Å². The number of likely N-dealkylation sites (N-methyl/N-ethyl adjacent to an activating group) is 1. The van der Waals surface area contributed by atoms with Gasteiger partial charge in [-0.2, -0.15) is 0 Å². The average molecular weight is 563 g/mol. The van der Waals surface area contributed by atoms with Gasteiger partial charge < -0.3 is 41.5 Å². The fourth-order valence-electron chi connectivity index (χ4n) is 6.24. The van der Waals surface area contributed by atoms with Crippen molar-refractivity contribution in [2.24, 2.45) is 11.7 Å². The van der Waals surface area contributed by atoms with Crippen LogP contribution in [0.15, 0.2) is 23.0 Å². The standard InChI is InChI=1S/C27H35FN4O8/c1-11(9-28)30-10-12-6-15(31(2)3)13-7-26(39)8-14-19(32(4)5)22(35)17(25(29)38)23(36)27(14,40)24(37)18(26)21(34)16(13)20(12)33/h6,11,14,19,30,33-34,36,39-40H,7-10H2,1-5H3,(H2,29,38)/t11?,14-,19?,26+,27+/m0/s1. The summed E-state index contributed by atoms with van der Waals surface area (Å²) in [6.07, 6.45) is -0.763. The molecule has 2 unspecified atom stereocenters. The number of amides is 1. The first-order valence-electron chi connectivity index (χ1n) is 12.7. The van der Waals surface area contributed by atoms with Crippen LogP contribution in [-0.4, -0.2) is 106 Å². The summed E-state index contributed by atoms with van der Waals surface area (Å²) in [7, 11) is 6.35. The SMILES string of the molecule is CC(CF)NCc1cc(N(C)C)c2c(c1O)C(O)=C1C(=O)[C@]3(O)C(O)=C(C(N)=O)C(=O)C(N(C)C)[C@@H]3C[C@]1(O)C2.